The van der Waals surface area contributed by atoms with Crippen LogP contribution >= 0.6 is 0 Å². The second kappa shape index (κ2) is 7.37. The van der Waals surface area contributed by atoms with Gasteiger partial charge in [-0.2, -0.15) is 5.10 Å². The van der Waals surface area contributed by atoms with E-state index in [1.54, 1.807) is 25.5 Å². The fourth-order valence-electron chi connectivity index (χ4n) is 2.84. The molecule has 0 radical (unpaired) electrons. The summed E-state index contributed by atoms with van der Waals surface area (Å²) in [6.07, 6.45) is 0.861. The number of methoxy groups -OCH3 is 1. The SMILES string of the molecule is COc1ccc2cc(/C=N\NC(=O)[C@@H]3COc4ccccc4O3)ccc2c1. The molecular formula is C21H18N2O4. The molecule has 3 aromatic rings. The Balaban J connectivity index is 1.40. The van der Waals surface area contributed by atoms with Crippen LogP contribution < -0.4 is 19.6 Å². The van der Waals surface area contributed by atoms with Gasteiger partial charge in [-0.1, -0.05) is 30.3 Å². The highest BCUT2D eigenvalue weighted by Crippen LogP contribution is 2.30. The Hall–Kier alpha value is -3.54. The monoisotopic (exact) mass is 362 g/mol. The third kappa shape index (κ3) is 3.69. The summed E-state index contributed by atoms with van der Waals surface area (Å²) in [7, 11) is 1.64. The molecule has 1 atom stereocenters. The molecule has 0 aliphatic carbocycles. The molecule has 0 spiro atoms. The van der Waals surface area contributed by atoms with E-state index in [9.17, 15) is 4.79 Å². The highest BCUT2D eigenvalue weighted by Gasteiger charge is 2.26. The zero-order valence-electron chi connectivity index (χ0n) is 14.7. The van der Waals surface area contributed by atoms with Crippen LogP contribution in [0.1, 0.15) is 5.56 Å². The Bertz CT molecular complexity index is 1020. The van der Waals surface area contributed by atoms with Crippen LogP contribution in [0.3, 0.4) is 0 Å². The van der Waals surface area contributed by atoms with Gasteiger partial charge in [-0.05, 0) is 46.7 Å². The third-order valence-corrected chi connectivity index (χ3v) is 4.26. The molecule has 1 aliphatic heterocycles. The summed E-state index contributed by atoms with van der Waals surface area (Å²) in [5.41, 5.74) is 3.38. The maximum absolute atomic E-state index is 12.2. The fourth-order valence-corrected chi connectivity index (χ4v) is 2.84. The largest absolute Gasteiger partial charge is 0.497 e. The van der Waals surface area contributed by atoms with Gasteiger partial charge >= 0.3 is 0 Å². The van der Waals surface area contributed by atoms with Crippen molar-refractivity contribution in [1.82, 2.24) is 5.43 Å². The van der Waals surface area contributed by atoms with Crippen LogP contribution in [0.2, 0.25) is 0 Å². The first-order valence-corrected chi connectivity index (χ1v) is 8.52. The van der Waals surface area contributed by atoms with Crippen LogP contribution in [-0.4, -0.2) is 31.9 Å². The summed E-state index contributed by atoms with van der Waals surface area (Å²) >= 11 is 0. The maximum Gasteiger partial charge on any atom is 0.284 e. The van der Waals surface area contributed by atoms with Crippen molar-refractivity contribution in [2.45, 2.75) is 6.10 Å². The van der Waals surface area contributed by atoms with Crippen LogP contribution in [0.5, 0.6) is 17.2 Å². The van der Waals surface area contributed by atoms with Gasteiger partial charge in [-0.25, -0.2) is 5.43 Å². The molecule has 1 aliphatic rings. The highest BCUT2D eigenvalue weighted by molar-refractivity contribution is 5.91. The van der Waals surface area contributed by atoms with Gasteiger partial charge in [0.05, 0.1) is 13.3 Å². The molecular weight excluding hydrogens is 344 g/mol. The number of nitrogens with one attached hydrogen (secondary N) is 1. The molecule has 136 valence electrons. The lowest BCUT2D eigenvalue weighted by atomic mass is 10.1. The number of benzene rings is 3. The lowest BCUT2D eigenvalue weighted by Crippen LogP contribution is -2.42. The van der Waals surface area contributed by atoms with E-state index in [2.05, 4.69) is 10.5 Å². The van der Waals surface area contributed by atoms with E-state index in [-0.39, 0.29) is 12.5 Å². The van der Waals surface area contributed by atoms with Gasteiger partial charge < -0.3 is 14.2 Å². The molecule has 0 bridgehead atoms. The Morgan fingerprint density at radius 1 is 1.11 bits per heavy atom. The van der Waals surface area contributed by atoms with Crippen LogP contribution in [0, 0.1) is 0 Å². The second-order valence-corrected chi connectivity index (χ2v) is 6.07. The van der Waals surface area contributed by atoms with Crippen molar-refractivity contribution in [3.05, 3.63) is 66.2 Å². The minimum atomic E-state index is -0.735. The molecule has 1 N–H and O–H groups in total. The summed E-state index contributed by atoms with van der Waals surface area (Å²) in [4.78, 5) is 12.2. The van der Waals surface area contributed by atoms with Crippen molar-refractivity contribution in [2.24, 2.45) is 5.10 Å². The molecule has 3 aromatic carbocycles. The van der Waals surface area contributed by atoms with Crippen molar-refractivity contribution in [2.75, 3.05) is 13.7 Å². The van der Waals surface area contributed by atoms with E-state index < -0.39 is 6.10 Å². The first kappa shape index (κ1) is 16.9. The molecule has 27 heavy (non-hydrogen) atoms. The van der Waals surface area contributed by atoms with E-state index in [0.29, 0.717) is 11.5 Å². The fraction of sp³-hybridized carbons (Fsp3) is 0.143. The Labute approximate surface area is 156 Å². The van der Waals surface area contributed by atoms with E-state index >= 15 is 0 Å². The topological polar surface area (TPSA) is 69.2 Å². The zero-order valence-corrected chi connectivity index (χ0v) is 14.7. The summed E-state index contributed by atoms with van der Waals surface area (Å²) in [6.45, 7) is 0.149. The lowest BCUT2D eigenvalue weighted by molar-refractivity contribution is -0.130. The van der Waals surface area contributed by atoms with Crippen molar-refractivity contribution in [3.63, 3.8) is 0 Å². The number of para-hydroxylation sites is 2. The number of carbonyl (C=O) groups excluding carboxylic acids is 1. The van der Waals surface area contributed by atoms with Crippen LogP contribution in [-0.2, 0) is 4.79 Å². The standard InChI is InChI=1S/C21H18N2O4/c1-25-17-9-8-15-10-14(6-7-16(15)11-17)12-22-23-21(24)20-13-26-18-4-2-3-5-19(18)27-20/h2-12,20H,13H2,1H3,(H,23,24)/b22-12-/t20-/m0/s1. The van der Waals surface area contributed by atoms with E-state index in [4.69, 9.17) is 14.2 Å². The molecule has 0 unspecified atom stereocenters. The average molecular weight is 362 g/mol. The molecule has 0 saturated carbocycles. The van der Waals surface area contributed by atoms with Gasteiger partial charge in [-0.3, -0.25) is 4.79 Å². The van der Waals surface area contributed by atoms with Gasteiger partial charge in [0.25, 0.3) is 5.91 Å². The highest BCUT2D eigenvalue weighted by atomic mass is 16.6. The number of hydrogen-bond donors (Lipinski definition) is 1. The Morgan fingerprint density at radius 3 is 2.74 bits per heavy atom. The third-order valence-electron chi connectivity index (χ3n) is 4.26. The van der Waals surface area contributed by atoms with Crippen LogP contribution in [0.25, 0.3) is 10.8 Å². The molecule has 1 heterocycles. The molecule has 1 amide bonds. The van der Waals surface area contributed by atoms with E-state index in [1.807, 2.05) is 48.5 Å². The average Bonchev–Trinajstić information content (AvgIpc) is 2.72. The number of fused-ring (bicyclic) bond motifs is 2. The van der Waals surface area contributed by atoms with Crippen molar-refractivity contribution < 1.29 is 19.0 Å². The van der Waals surface area contributed by atoms with E-state index in [1.165, 1.54) is 0 Å². The molecule has 6 nitrogen and oxygen atoms in total. The van der Waals surface area contributed by atoms with Crippen molar-refractivity contribution >= 4 is 22.9 Å². The van der Waals surface area contributed by atoms with Crippen molar-refractivity contribution in [3.8, 4) is 17.2 Å². The molecule has 4 rings (SSSR count). The van der Waals surface area contributed by atoms with Crippen molar-refractivity contribution in [1.29, 1.82) is 0 Å². The predicted molar refractivity (Wildman–Crippen MR) is 103 cm³/mol. The number of carbonyl (C=O) groups is 1. The second-order valence-electron chi connectivity index (χ2n) is 6.07. The molecule has 0 saturated heterocycles. The number of hydrogen-bond acceptors (Lipinski definition) is 5. The number of ether oxygens (including phenoxy) is 3. The minimum absolute atomic E-state index is 0.149. The number of nitrogens with zero attached hydrogens (tertiary/aromatic N) is 1. The first-order valence-electron chi connectivity index (χ1n) is 8.52. The quantitative estimate of drug-likeness (QED) is 0.572. The van der Waals surface area contributed by atoms with Gasteiger partial charge in [0.2, 0.25) is 6.10 Å². The normalized spacial score (nSPS) is 15.7. The van der Waals surface area contributed by atoms with Gasteiger partial charge in [-0.15, -0.1) is 0 Å². The molecule has 0 aromatic heterocycles. The van der Waals surface area contributed by atoms with Gasteiger partial charge in [0.15, 0.2) is 11.5 Å². The Kier molecular flexibility index (Phi) is 4.61. The minimum Gasteiger partial charge on any atom is -0.497 e. The number of rotatable bonds is 4. The zero-order chi connectivity index (χ0) is 18.6. The Morgan fingerprint density at radius 2 is 1.89 bits per heavy atom. The molecule has 0 fully saturated rings. The summed E-state index contributed by atoms with van der Waals surface area (Å²) in [5, 5.41) is 6.16. The van der Waals surface area contributed by atoms with E-state index in [0.717, 1.165) is 22.1 Å². The summed E-state index contributed by atoms with van der Waals surface area (Å²) < 4.78 is 16.4. The summed E-state index contributed by atoms with van der Waals surface area (Å²) in [6, 6.07) is 19.0. The lowest BCUT2D eigenvalue weighted by Gasteiger charge is -2.24. The smallest absolute Gasteiger partial charge is 0.284 e. The predicted octanol–water partition coefficient (Wildman–Crippen LogP) is 3.14. The summed E-state index contributed by atoms with van der Waals surface area (Å²) in [5.74, 6) is 1.65. The van der Waals surface area contributed by atoms with Gasteiger partial charge in [0.1, 0.15) is 12.4 Å². The first-order chi connectivity index (χ1) is 13.2. The van der Waals surface area contributed by atoms with Gasteiger partial charge in [0, 0.05) is 0 Å². The van der Waals surface area contributed by atoms with Crippen LogP contribution in [0.4, 0.5) is 0 Å². The number of amides is 1. The van der Waals surface area contributed by atoms with Crippen LogP contribution in [0.15, 0.2) is 65.8 Å². The molecule has 6 heteroatoms. The maximum atomic E-state index is 12.2. The number of hydrazone groups is 1.